The molecule has 0 saturated heterocycles. The Kier molecular flexibility index (Phi) is 7.53. The summed E-state index contributed by atoms with van der Waals surface area (Å²) < 4.78 is 103. The molecule has 0 aliphatic heterocycles. The Hall–Kier alpha value is -3.03. The Morgan fingerprint density at radius 2 is 1.43 bits per heavy atom. The van der Waals surface area contributed by atoms with Gasteiger partial charge in [0, 0.05) is 29.0 Å². The van der Waals surface area contributed by atoms with Crippen LogP contribution < -0.4 is 15.4 Å². The molecule has 0 atom stereocenters. The number of benzene rings is 1. The molecule has 0 spiro atoms. The second-order valence-electron chi connectivity index (χ2n) is 8.24. The van der Waals surface area contributed by atoms with Crippen molar-refractivity contribution in [2.45, 2.75) is 50.1 Å². The standard InChI is InChI=1S/C21H22F6N4O3S/c1-35(33,34)31-15-4-2-3-12(9-15)19(32)29-14-7-5-13(6-8-14)28-16-10-17(20(22,23)24)30-18(11-16)21(25,26)27/h2-4,9-11,13-14,31H,5-8H2,1H3,(H,28,30)(H,29,32)/t13-,14+. The molecule has 1 amide bonds. The molecule has 14 heteroatoms. The van der Waals surface area contributed by atoms with Crippen molar-refractivity contribution in [1.82, 2.24) is 10.3 Å². The normalized spacial score (nSPS) is 19.2. The topological polar surface area (TPSA) is 100 Å². The molecule has 1 fully saturated rings. The zero-order valence-corrected chi connectivity index (χ0v) is 19.1. The fourth-order valence-electron chi connectivity index (χ4n) is 3.73. The molecule has 1 saturated carbocycles. The molecule has 0 bridgehead atoms. The van der Waals surface area contributed by atoms with Gasteiger partial charge in [-0.15, -0.1) is 0 Å². The number of halogens is 6. The first-order valence-electron chi connectivity index (χ1n) is 10.4. The predicted octanol–water partition coefficient (Wildman–Crippen LogP) is 4.64. The summed E-state index contributed by atoms with van der Waals surface area (Å²) in [5.74, 6) is -0.433. The first kappa shape index (κ1) is 26.6. The molecule has 192 valence electrons. The molecule has 1 heterocycles. The third-order valence-corrected chi connectivity index (χ3v) is 5.87. The zero-order chi connectivity index (χ0) is 26.0. The van der Waals surface area contributed by atoms with Crippen LogP contribution in [0.1, 0.15) is 47.4 Å². The number of aromatic nitrogens is 1. The number of anilines is 2. The van der Waals surface area contributed by atoms with Gasteiger partial charge in [-0.25, -0.2) is 13.4 Å². The van der Waals surface area contributed by atoms with E-state index in [0.717, 1.165) is 6.26 Å². The van der Waals surface area contributed by atoms with Crippen molar-refractivity contribution in [1.29, 1.82) is 0 Å². The lowest BCUT2D eigenvalue weighted by Crippen LogP contribution is -2.40. The molecule has 1 aromatic carbocycles. The first-order valence-corrected chi connectivity index (χ1v) is 12.3. The second kappa shape index (κ2) is 9.91. The molecular weight excluding hydrogens is 502 g/mol. The van der Waals surface area contributed by atoms with Gasteiger partial charge in [0.1, 0.15) is 11.4 Å². The lowest BCUT2D eigenvalue weighted by atomic mass is 9.90. The molecule has 0 radical (unpaired) electrons. The number of hydrogen-bond donors (Lipinski definition) is 3. The Bertz CT molecular complexity index is 1140. The Morgan fingerprint density at radius 3 is 1.94 bits per heavy atom. The zero-order valence-electron chi connectivity index (χ0n) is 18.3. The number of hydrogen-bond acceptors (Lipinski definition) is 5. The SMILES string of the molecule is CS(=O)(=O)Nc1cccc(C(=O)N[C@H]2CC[C@@H](Nc3cc(C(F)(F)F)nc(C(F)(F)F)c3)CC2)c1. The molecule has 1 aliphatic rings. The minimum absolute atomic E-state index is 0.224. The second-order valence-corrected chi connectivity index (χ2v) is 9.99. The van der Waals surface area contributed by atoms with E-state index in [2.05, 4.69) is 20.3 Å². The molecule has 0 unspecified atom stereocenters. The minimum Gasteiger partial charge on any atom is -0.382 e. The average Bonchev–Trinajstić information content (AvgIpc) is 2.72. The average molecular weight is 524 g/mol. The van der Waals surface area contributed by atoms with E-state index >= 15 is 0 Å². The molecule has 2 aromatic rings. The quantitative estimate of drug-likeness (QED) is 0.478. The number of nitrogens with one attached hydrogen (secondary N) is 3. The van der Waals surface area contributed by atoms with Crippen molar-refractivity contribution >= 4 is 27.3 Å². The summed E-state index contributed by atoms with van der Waals surface area (Å²) in [6.45, 7) is 0. The van der Waals surface area contributed by atoms with E-state index in [1.54, 1.807) is 0 Å². The minimum atomic E-state index is -5.03. The van der Waals surface area contributed by atoms with Gasteiger partial charge >= 0.3 is 12.4 Å². The molecule has 1 aromatic heterocycles. The van der Waals surface area contributed by atoms with Crippen LogP contribution >= 0.6 is 0 Å². The number of pyridine rings is 1. The van der Waals surface area contributed by atoms with Gasteiger partial charge < -0.3 is 10.6 Å². The molecule has 3 N–H and O–H groups in total. The summed E-state index contributed by atoms with van der Waals surface area (Å²) in [7, 11) is -3.52. The molecule has 7 nitrogen and oxygen atoms in total. The summed E-state index contributed by atoms with van der Waals surface area (Å²) >= 11 is 0. The summed E-state index contributed by atoms with van der Waals surface area (Å²) in [6.07, 6.45) is -7.42. The highest BCUT2D eigenvalue weighted by atomic mass is 32.2. The van der Waals surface area contributed by atoms with Gasteiger partial charge in [0.05, 0.1) is 6.26 Å². The van der Waals surface area contributed by atoms with Crippen LogP contribution in [0, 0.1) is 0 Å². The van der Waals surface area contributed by atoms with E-state index < -0.39 is 45.7 Å². The highest BCUT2D eigenvalue weighted by Crippen LogP contribution is 2.35. The molecule has 3 rings (SSSR count). The number of sulfonamides is 1. The van der Waals surface area contributed by atoms with Gasteiger partial charge in [0.25, 0.3) is 5.91 Å². The summed E-state index contributed by atoms with van der Waals surface area (Å²) in [6, 6.07) is 6.32. The predicted molar refractivity (Wildman–Crippen MR) is 116 cm³/mol. The van der Waals surface area contributed by atoms with Gasteiger partial charge in [0.2, 0.25) is 10.0 Å². The molecule has 35 heavy (non-hydrogen) atoms. The van der Waals surface area contributed by atoms with E-state index in [1.807, 2.05) is 0 Å². The van der Waals surface area contributed by atoms with E-state index in [9.17, 15) is 39.6 Å². The van der Waals surface area contributed by atoms with Crippen molar-refractivity contribution in [3.05, 3.63) is 53.3 Å². The van der Waals surface area contributed by atoms with Crippen molar-refractivity contribution in [3.63, 3.8) is 0 Å². The fraction of sp³-hybridized carbons (Fsp3) is 0.429. The van der Waals surface area contributed by atoms with E-state index in [4.69, 9.17) is 0 Å². The lowest BCUT2D eigenvalue weighted by Gasteiger charge is -2.30. The van der Waals surface area contributed by atoms with Gasteiger partial charge in [-0.1, -0.05) is 6.07 Å². The van der Waals surface area contributed by atoms with Gasteiger partial charge in [-0.05, 0) is 56.0 Å². The summed E-state index contributed by atoms with van der Waals surface area (Å²) in [4.78, 5) is 15.2. The van der Waals surface area contributed by atoms with Crippen LogP contribution in [0.15, 0.2) is 36.4 Å². The van der Waals surface area contributed by atoms with E-state index in [1.165, 1.54) is 24.3 Å². The number of carbonyl (C=O) groups is 1. The van der Waals surface area contributed by atoms with Crippen molar-refractivity contribution in [2.24, 2.45) is 0 Å². The van der Waals surface area contributed by atoms with Crippen LogP contribution in [0.4, 0.5) is 37.7 Å². The van der Waals surface area contributed by atoms with E-state index in [0.29, 0.717) is 37.8 Å². The maximum atomic E-state index is 13.0. The lowest BCUT2D eigenvalue weighted by molar-refractivity contribution is -0.150. The van der Waals surface area contributed by atoms with Crippen molar-refractivity contribution in [3.8, 4) is 0 Å². The fourth-order valence-corrected chi connectivity index (χ4v) is 4.28. The smallest absolute Gasteiger partial charge is 0.382 e. The van der Waals surface area contributed by atoms with Crippen LogP contribution in [-0.4, -0.2) is 37.6 Å². The highest BCUT2D eigenvalue weighted by Gasteiger charge is 2.39. The number of amides is 1. The first-order chi connectivity index (χ1) is 16.1. The third kappa shape index (κ3) is 7.73. The van der Waals surface area contributed by atoms with Crippen LogP contribution in [-0.2, 0) is 22.4 Å². The van der Waals surface area contributed by atoms with Gasteiger partial charge in [-0.2, -0.15) is 26.3 Å². The van der Waals surface area contributed by atoms with Crippen LogP contribution in [0.25, 0.3) is 0 Å². The van der Waals surface area contributed by atoms with Gasteiger partial charge in [-0.3, -0.25) is 9.52 Å². The summed E-state index contributed by atoms with van der Waals surface area (Å²) in [5, 5.41) is 5.54. The summed E-state index contributed by atoms with van der Waals surface area (Å²) in [5.41, 5.74) is -3.15. The number of alkyl halides is 6. The largest absolute Gasteiger partial charge is 0.433 e. The monoisotopic (exact) mass is 524 g/mol. The molecule has 1 aliphatic carbocycles. The Balaban J connectivity index is 1.61. The van der Waals surface area contributed by atoms with Crippen LogP contribution in [0.5, 0.6) is 0 Å². The third-order valence-electron chi connectivity index (χ3n) is 5.27. The van der Waals surface area contributed by atoms with Crippen LogP contribution in [0.3, 0.4) is 0 Å². The van der Waals surface area contributed by atoms with Gasteiger partial charge in [0.15, 0.2) is 0 Å². The highest BCUT2D eigenvalue weighted by molar-refractivity contribution is 7.92. The Labute approximate surface area is 197 Å². The molecular formula is C21H22F6N4O3S. The maximum Gasteiger partial charge on any atom is 0.433 e. The maximum absolute atomic E-state index is 13.0. The van der Waals surface area contributed by atoms with Crippen molar-refractivity contribution < 1.29 is 39.6 Å². The Morgan fingerprint density at radius 1 is 0.886 bits per heavy atom. The van der Waals surface area contributed by atoms with E-state index in [-0.39, 0.29) is 23.0 Å². The number of carbonyl (C=O) groups excluding carboxylic acids is 1. The number of rotatable bonds is 6. The number of nitrogens with zero attached hydrogens (tertiary/aromatic N) is 1. The van der Waals surface area contributed by atoms with Crippen molar-refractivity contribution in [2.75, 3.05) is 16.3 Å². The van der Waals surface area contributed by atoms with Crippen LogP contribution in [0.2, 0.25) is 0 Å².